The third-order valence-electron chi connectivity index (χ3n) is 5.07. The third kappa shape index (κ3) is 7.31. The molecule has 0 spiro atoms. The highest BCUT2D eigenvalue weighted by atomic mass is 32.2. The van der Waals surface area contributed by atoms with E-state index in [2.05, 4.69) is 9.93 Å². The topological polar surface area (TPSA) is 57.2 Å². The van der Waals surface area contributed by atoms with Crippen molar-refractivity contribution >= 4 is 29.9 Å². The fourth-order valence-electron chi connectivity index (χ4n) is 3.34. The number of amides is 1. The number of hydrazone groups is 1. The largest absolute Gasteiger partial charge is 0.444 e. The number of carbonyl (C=O) groups is 1. The number of aryl methyl sites for hydroxylation is 1. The van der Waals surface area contributed by atoms with Gasteiger partial charge in [0, 0.05) is 54.3 Å². The van der Waals surface area contributed by atoms with E-state index in [0.29, 0.717) is 37.4 Å². The molecule has 0 saturated carbocycles. The van der Waals surface area contributed by atoms with Gasteiger partial charge in [0.2, 0.25) is 0 Å². The van der Waals surface area contributed by atoms with Crippen LogP contribution in [0.5, 0.6) is 0 Å². The van der Waals surface area contributed by atoms with Gasteiger partial charge in [0.15, 0.2) is 0 Å². The summed E-state index contributed by atoms with van der Waals surface area (Å²) in [7, 11) is 0. The van der Waals surface area contributed by atoms with E-state index >= 15 is 0 Å². The number of halogens is 3. The zero-order valence-electron chi connectivity index (χ0n) is 19.6. The fraction of sp³-hybridized carbons (Fsp3) is 0.417. The molecule has 10 heteroatoms. The molecule has 2 aromatic rings. The molecule has 184 valence electrons. The van der Waals surface area contributed by atoms with E-state index in [1.807, 2.05) is 36.1 Å². The summed E-state index contributed by atoms with van der Waals surface area (Å²) in [5.41, 5.74) is 0.785. The molecule has 1 fully saturated rings. The van der Waals surface area contributed by atoms with Crippen LogP contribution in [0.1, 0.15) is 37.5 Å². The molecular weight excluding hydrogens is 465 g/mol. The number of nitrogens with zero attached hydrogens (tertiary/aromatic N) is 3. The van der Waals surface area contributed by atoms with E-state index in [-0.39, 0.29) is 0 Å². The van der Waals surface area contributed by atoms with Gasteiger partial charge in [-0.05, 0) is 52.0 Å². The predicted octanol–water partition coefficient (Wildman–Crippen LogP) is 5.70. The monoisotopic (exact) mass is 494 g/mol. The quantitative estimate of drug-likeness (QED) is 0.328. The molecule has 1 aliphatic heterocycles. The van der Waals surface area contributed by atoms with Gasteiger partial charge in [-0.1, -0.05) is 23.8 Å². The SMILES string of the molecule is Cc1ccc(SN/N=C/c2ccc(C(F)(F)F)cc2N2CCN(C(=O)OC(C)(C)C)CC2)cc1. The molecule has 0 atom stereocenters. The zero-order valence-corrected chi connectivity index (χ0v) is 20.5. The lowest BCUT2D eigenvalue weighted by Gasteiger charge is -2.37. The molecule has 1 N–H and O–H groups in total. The smallest absolute Gasteiger partial charge is 0.416 e. The zero-order chi connectivity index (χ0) is 24.9. The molecule has 1 amide bonds. The van der Waals surface area contributed by atoms with Crippen molar-refractivity contribution in [1.29, 1.82) is 0 Å². The lowest BCUT2D eigenvalue weighted by atomic mass is 10.1. The number of carbonyl (C=O) groups excluding carboxylic acids is 1. The molecule has 3 rings (SSSR count). The van der Waals surface area contributed by atoms with E-state index in [0.717, 1.165) is 22.6 Å². The molecule has 0 unspecified atom stereocenters. The number of rotatable bonds is 5. The second-order valence-electron chi connectivity index (χ2n) is 8.99. The second kappa shape index (κ2) is 10.6. The van der Waals surface area contributed by atoms with Gasteiger partial charge in [0.1, 0.15) is 5.60 Å². The Bertz CT molecular complexity index is 1010. The lowest BCUT2D eigenvalue weighted by Crippen LogP contribution is -2.50. The highest BCUT2D eigenvalue weighted by Crippen LogP contribution is 2.33. The van der Waals surface area contributed by atoms with Gasteiger partial charge in [-0.25, -0.2) is 9.63 Å². The summed E-state index contributed by atoms with van der Waals surface area (Å²) >= 11 is 1.31. The van der Waals surface area contributed by atoms with Crippen molar-refractivity contribution in [3.63, 3.8) is 0 Å². The molecule has 0 bridgehead atoms. The van der Waals surface area contributed by atoms with Crippen molar-refractivity contribution in [2.24, 2.45) is 5.10 Å². The van der Waals surface area contributed by atoms with E-state index in [9.17, 15) is 18.0 Å². The van der Waals surface area contributed by atoms with Gasteiger partial charge in [-0.2, -0.15) is 18.3 Å². The van der Waals surface area contributed by atoms with Crippen molar-refractivity contribution in [2.45, 2.75) is 44.4 Å². The average molecular weight is 495 g/mol. The van der Waals surface area contributed by atoms with Crippen molar-refractivity contribution in [1.82, 2.24) is 9.73 Å². The summed E-state index contributed by atoms with van der Waals surface area (Å²) in [6.45, 7) is 8.84. The van der Waals surface area contributed by atoms with Gasteiger partial charge >= 0.3 is 12.3 Å². The Hall–Kier alpha value is -2.88. The Morgan fingerprint density at radius 3 is 2.29 bits per heavy atom. The van der Waals surface area contributed by atoms with Crippen LogP contribution in [0.2, 0.25) is 0 Å². The number of hydrogen-bond acceptors (Lipinski definition) is 6. The molecule has 1 saturated heterocycles. The molecular formula is C24H29F3N4O2S. The molecule has 1 aliphatic rings. The Morgan fingerprint density at radius 1 is 1.06 bits per heavy atom. The first-order valence-electron chi connectivity index (χ1n) is 10.9. The van der Waals surface area contributed by atoms with E-state index in [1.165, 1.54) is 24.2 Å². The first-order chi connectivity index (χ1) is 15.9. The first-order valence-corrected chi connectivity index (χ1v) is 11.7. The molecule has 6 nitrogen and oxygen atoms in total. The van der Waals surface area contributed by atoms with Crippen LogP contribution in [0.3, 0.4) is 0 Å². The number of anilines is 1. The number of piperazine rings is 1. The van der Waals surface area contributed by atoms with Crippen molar-refractivity contribution in [3.05, 3.63) is 59.2 Å². The van der Waals surface area contributed by atoms with Crippen molar-refractivity contribution < 1.29 is 22.7 Å². The Morgan fingerprint density at radius 2 is 1.71 bits per heavy atom. The van der Waals surface area contributed by atoms with Crippen molar-refractivity contribution in [2.75, 3.05) is 31.1 Å². The van der Waals surface area contributed by atoms with Crippen LogP contribution in [0.15, 0.2) is 52.5 Å². The summed E-state index contributed by atoms with van der Waals surface area (Å²) in [6.07, 6.45) is -3.37. The Kier molecular flexibility index (Phi) is 8.01. The highest BCUT2D eigenvalue weighted by molar-refractivity contribution is 7.97. The van der Waals surface area contributed by atoms with Crippen LogP contribution in [0.4, 0.5) is 23.7 Å². The predicted molar refractivity (Wildman–Crippen MR) is 129 cm³/mol. The van der Waals surface area contributed by atoms with Crippen LogP contribution in [0, 0.1) is 6.92 Å². The fourth-order valence-corrected chi connectivity index (χ4v) is 3.82. The molecule has 1 heterocycles. The number of ether oxygens (including phenoxy) is 1. The molecule has 0 radical (unpaired) electrons. The Balaban J connectivity index is 1.72. The van der Waals surface area contributed by atoms with Crippen LogP contribution in [-0.2, 0) is 10.9 Å². The molecule has 0 aliphatic carbocycles. The maximum Gasteiger partial charge on any atom is 0.416 e. The molecule has 34 heavy (non-hydrogen) atoms. The Labute approximate surface area is 202 Å². The summed E-state index contributed by atoms with van der Waals surface area (Å²) in [5.74, 6) is 0. The van der Waals surface area contributed by atoms with Gasteiger partial charge in [0.25, 0.3) is 0 Å². The average Bonchev–Trinajstić information content (AvgIpc) is 2.76. The minimum atomic E-state index is -4.46. The van der Waals surface area contributed by atoms with Gasteiger partial charge in [-0.15, -0.1) is 0 Å². The van der Waals surface area contributed by atoms with E-state index < -0.39 is 23.4 Å². The number of alkyl halides is 3. The van der Waals surface area contributed by atoms with Crippen LogP contribution < -0.4 is 9.73 Å². The summed E-state index contributed by atoms with van der Waals surface area (Å²) in [6, 6.07) is 11.5. The summed E-state index contributed by atoms with van der Waals surface area (Å²) < 4.78 is 45.5. The molecule has 0 aromatic heterocycles. The van der Waals surface area contributed by atoms with Crippen molar-refractivity contribution in [3.8, 4) is 0 Å². The van der Waals surface area contributed by atoms with Crippen LogP contribution in [-0.4, -0.2) is 49.0 Å². The van der Waals surface area contributed by atoms with Gasteiger partial charge < -0.3 is 14.5 Å². The number of benzene rings is 2. The van der Waals surface area contributed by atoms with Gasteiger partial charge in [0.05, 0.1) is 11.8 Å². The normalized spacial score (nSPS) is 15.0. The lowest BCUT2D eigenvalue weighted by molar-refractivity contribution is -0.137. The third-order valence-corrected chi connectivity index (χ3v) is 5.78. The maximum absolute atomic E-state index is 13.4. The maximum atomic E-state index is 13.4. The molecule has 2 aromatic carbocycles. The summed E-state index contributed by atoms with van der Waals surface area (Å²) in [5, 5.41) is 4.19. The summed E-state index contributed by atoms with van der Waals surface area (Å²) in [4.78, 5) is 19.6. The van der Waals surface area contributed by atoms with E-state index in [1.54, 1.807) is 25.7 Å². The number of hydrogen-bond donors (Lipinski definition) is 1. The van der Waals surface area contributed by atoms with Gasteiger partial charge in [-0.3, -0.25) is 0 Å². The standard InChI is InChI=1S/C24H29F3N4O2S/c1-17-5-9-20(10-6-17)34-29-28-16-18-7-8-19(24(25,26)27)15-21(18)30-11-13-31(14-12-30)22(32)33-23(2,3)4/h5-10,15-16,29H,11-14H2,1-4H3/b28-16+. The number of nitrogens with one attached hydrogen (secondary N) is 1. The minimum absolute atomic E-state index is 0.350. The van der Waals surface area contributed by atoms with Crippen LogP contribution >= 0.6 is 11.9 Å². The highest BCUT2D eigenvalue weighted by Gasteiger charge is 2.32. The second-order valence-corrected chi connectivity index (χ2v) is 9.85. The minimum Gasteiger partial charge on any atom is -0.444 e. The van der Waals surface area contributed by atoms with E-state index in [4.69, 9.17) is 4.74 Å². The van der Waals surface area contributed by atoms with Crippen LogP contribution in [0.25, 0.3) is 0 Å². The first kappa shape index (κ1) is 25.7.